The molecule has 0 radical (unpaired) electrons. The predicted octanol–water partition coefficient (Wildman–Crippen LogP) is 1.62. The van der Waals surface area contributed by atoms with E-state index in [-0.39, 0.29) is 24.4 Å². The number of rotatable bonds is 2. The molecule has 1 aliphatic heterocycles. The van der Waals surface area contributed by atoms with Crippen molar-refractivity contribution in [3.63, 3.8) is 0 Å². The quantitative estimate of drug-likeness (QED) is 0.777. The zero-order chi connectivity index (χ0) is 15.3. The number of carbonyl (C=O) groups excluding carboxylic acids is 1. The fourth-order valence-corrected chi connectivity index (χ4v) is 3.28. The minimum absolute atomic E-state index is 0.0753. The van der Waals surface area contributed by atoms with Crippen LogP contribution >= 0.6 is 10.7 Å². The van der Waals surface area contributed by atoms with Gasteiger partial charge >= 0.3 is 0 Å². The summed E-state index contributed by atoms with van der Waals surface area (Å²) in [4.78, 5) is 13.5. The molecule has 1 atom stereocenters. The predicted molar refractivity (Wildman–Crippen MR) is 77.5 cm³/mol. The lowest BCUT2D eigenvalue weighted by atomic mass is 10.1. The molecule has 2 rings (SSSR count). The topological polar surface area (TPSA) is 72.3 Å². The molecule has 1 amide bonds. The van der Waals surface area contributed by atoms with Crippen molar-refractivity contribution in [2.24, 2.45) is 0 Å². The molecule has 1 aromatic heterocycles. The van der Waals surface area contributed by atoms with Crippen molar-refractivity contribution in [2.45, 2.75) is 44.9 Å². The number of hydrogen-bond donors (Lipinski definition) is 0. The number of halogens is 1. The van der Waals surface area contributed by atoms with Crippen molar-refractivity contribution in [3.8, 4) is 0 Å². The summed E-state index contributed by atoms with van der Waals surface area (Å²) in [5.74, 6) is 0.368. The lowest BCUT2D eigenvalue weighted by Crippen LogP contribution is -2.33. The fraction of sp³-hybridized carbons (Fsp3) is 0.667. The van der Waals surface area contributed by atoms with Crippen molar-refractivity contribution in [1.82, 2.24) is 9.78 Å². The second-order valence-electron chi connectivity index (χ2n) is 6.03. The Kier molecular flexibility index (Phi) is 3.62. The number of aryl methyl sites for hydroxylation is 1. The van der Waals surface area contributed by atoms with Gasteiger partial charge in [0.2, 0.25) is 15.0 Å². The Balaban J connectivity index is 2.41. The SMILES string of the molecule is Cc1cc(N2CC(S(=O)(=O)Cl)CC2=O)n(C(C)(C)C)n1. The first-order chi connectivity index (χ1) is 9.00. The molecular formula is C12H18ClN3O3S. The second kappa shape index (κ2) is 4.73. The largest absolute Gasteiger partial charge is 0.296 e. The van der Waals surface area contributed by atoms with Crippen LogP contribution in [0.25, 0.3) is 0 Å². The highest BCUT2D eigenvalue weighted by molar-refractivity contribution is 8.14. The molecule has 0 aliphatic carbocycles. The van der Waals surface area contributed by atoms with Crippen LogP contribution in [0, 0.1) is 6.92 Å². The van der Waals surface area contributed by atoms with Gasteiger partial charge in [0.05, 0.1) is 11.2 Å². The Morgan fingerprint density at radius 1 is 1.40 bits per heavy atom. The minimum Gasteiger partial charge on any atom is -0.296 e. The monoisotopic (exact) mass is 319 g/mol. The molecular weight excluding hydrogens is 302 g/mol. The van der Waals surface area contributed by atoms with E-state index in [1.165, 1.54) is 4.90 Å². The summed E-state index contributed by atoms with van der Waals surface area (Å²) in [7, 11) is 1.63. The zero-order valence-corrected chi connectivity index (χ0v) is 13.5. The van der Waals surface area contributed by atoms with E-state index in [1.807, 2.05) is 27.7 Å². The van der Waals surface area contributed by atoms with Crippen LogP contribution in [0.3, 0.4) is 0 Å². The van der Waals surface area contributed by atoms with Gasteiger partial charge in [-0.3, -0.25) is 9.69 Å². The van der Waals surface area contributed by atoms with Crippen molar-refractivity contribution in [3.05, 3.63) is 11.8 Å². The van der Waals surface area contributed by atoms with Gasteiger partial charge in [-0.25, -0.2) is 13.1 Å². The van der Waals surface area contributed by atoms with Gasteiger partial charge in [-0.1, -0.05) is 0 Å². The van der Waals surface area contributed by atoms with Gasteiger partial charge in [0, 0.05) is 29.7 Å². The van der Waals surface area contributed by atoms with Crippen LogP contribution in [0.15, 0.2) is 6.07 Å². The Morgan fingerprint density at radius 3 is 2.45 bits per heavy atom. The number of anilines is 1. The molecule has 8 heteroatoms. The van der Waals surface area contributed by atoms with Crippen molar-refractivity contribution < 1.29 is 13.2 Å². The third-order valence-electron chi connectivity index (χ3n) is 3.21. The van der Waals surface area contributed by atoms with Crippen molar-refractivity contribution in [1.29, 1.82) is 0 Å². The number of carbonyl (C=O) groups is 1. The molecule has 1 saturated heterocycles. The van der Waals surface area contributed by atoms with Gasteiger partial charge < -0.3 is 0 Å². The molecule has 6 nitrogen and oxygen atoms in total. The molecule has 112 valence electrons. The highest BCUT2D eigenvalue weighted by atomic mass is 35.7. The molecule has 1 aromatic rings. The standard InChI is InChI=1S/C12H18ClN3O3S/c1-8-5-10(16(14-8)12(2,3)4)15-7-9(6-11(15)17)20(13,18)19/h5,9H,6-7H2,1-4H3. The summed E-state index contributed by atoms with van der Waals surface area (Å²) in [6.07, 6.45) is -0.0831. The molecule has 1 aliphatic rings. The Morgan fingerprint density at radius 2 is 2.00 bits per heavy atom. The van der Waals surface area contributed by atoms with Crippen LogP contribution in [0.2, 0.25) is 0 Å². The van der Waals surface area contributed by atoms with Crippen LogP contribution in [0.4, 0.5) is 5.82 Å². The number of nitrogens with zero attached hydrogens (tertiary/aromatic N) is 3. The lowest BCUT2D eigenvalue weighted by Gasteiger charge is -2.26. The van der Waals surface area contributed by atoms with Crippen LogP contribution in [-0.4, -0.2) is 35.9 Å². The van der Waals surface area contributed by atoms with Crippen LogP contribution in [-0.2, 0) is 19.4 Å². The number of aromatic nitrogens is 2. The van der Waals surface area contributed by atoms with E-state index in [1.54, 1.807) is 10.7 Å². The van der Waals surface area contributed by atoms with E-state index < -0.39 is 14.3 Å². The van der Waals surface area contributed by atoms with Gasteiger partial charge in [0.1, 0.15) is 11.1 Å². The number of amides is 1. The molecule has 0 spiro atoms. The van der Waals surface area contributed by atoms with Crippen LogP contribution in [0.1, 0.15) is 32.9 Å². The number of hydrogen-bond acceptors (Lipinski definition) is 4. The van der Waals surface area contributed by atoms with Crippen LogP contribution < -0.4 is 4.90 Å². The van der Waals surface area contributed by atoms with Gasteiger partial charge in [0.15, 0.2) is 0 Å². The summed E-state index contributed by atoms with van der Waals surface area (Å²) in [5, 5.41) is 3.53. The first-order valence-electron chi connectivity index (χ1n) is 6.31. The molecule has 1 unspecified atom stereocenters. The average Bonchev–Trinajstić information content (AvgIpc) is 2.79. The average molecular weight is 320 g/mol. The summed E-state index contributed by atoms with van der Waals surface area (Å²) in [5.41, 5.74) is 0.474. The molecule has 20 heavy (non-hydrogen) atoms. The van der Waals surface area contributed by atoms with E-state index in [0.717, 1.165) is 5.69 Å². The van der Waals surface area contributed by atoms with Gasteiger partial charge in [-0.15, -0.1) is 0 Å². The summed E-state index contributed by atoms with van der Waals surface area (Å²) in [6, 6.07) is 1.78. The van der Waals surface area contributed by atoms with E-state index >= 15 is 0 Å². The fourth-order valence-electron chi connectivity index (χ4n) is 2.26. The maximum atomic E-state index is 12.1. The summed E-state index contributed by atoms with van der Waals surface area (Å²) in [6.45, 7) is 7.83. The second-order valence-corrected chi connectivity index (χ2v) is 8.94. The molecule has 0 aromatic carbocycles. The third kappa shape index (κ3) is 2.83. The molecule has 1 fully saturated rings. The molecule has 0 saturated carbocycles. The molecule has 0 bridgehead atoms. The van der Waals surface area contributed by atoms with E-state index in [9.17, 15) is 13.2 Å². The van der Waals surface area contributed by atoms with Crippen molar-refractivity contribution in [2.75, 3.05) is 11.4 Å². The normalized spacial score (nSPS) is 20.8. The highest BCUT2D eigenvalue weighted by Gasteiger charge is 2.40. The molecule has 2 heterocycles. The highest BCUT2D eigenvalue weighted by Crippen LogP contribution is 2.30. The summed E-state index contributed by atoms with van der Waals surface area (Å²) < 4.78 is 24.6. The smallest absolute Gasteiger partial charge is 0.237 e. The zero-order valence-electron chi connectivity index (χ0n) is 11.9. The van der Waals surface area contributed by atoms with E-state index in [2.05, 4.69) is 5.10 Å². The first-order valence-corrected chi connectivity index (χ1v) is 8.68. The first kappa shape index (κ1) is 15.3. The third-order valence-corrected chi connectivity index (χ3v) is 5.08. The summed E-state index contributed by atoms with van der Waals surface area (Å²) >= 11 is 0. The van der Waals surface area contributed by atoms with Gasteiger partial charge in [-0.2, -0.15) is 5.10 Å². The van der Waals surface area contributed by atoms with Crippen molar-refractivity contribution >= 4 is 31.5 Å². The Labute approximate surface area is 123 Å². The molecule has 0 N–H and O–H groups in total. The Hall–Kier alpha value is -1.08. The maximum Gasteiger partial charge on any atom is 0.237 e. The van der Waals surface area contributed by atoms with Gasteiger partial charge in [0.25, 0.3) is 0 Å². The van der Waals surface area contributed by atoms with E-state index in [0.29, 0.717) is 5.82 Å². The van der Waals surface area contributed by atoms with E-state index in [4.69, 9.17) is 10.7 Å². The van der Waals surface area contributed by atoms with Gasteiger partial charge in [-0.05, 0) is 27.7 Å². The lowest BCUT2D eigenvalue weighted by molar-refractivity contribution is -0.117. The maximum absolute atomic E-state index is 12.1. The van der Waals surface area contributed by atoms with Crippen LogP contribution in [0.5, 0.6) is 0 Å². The minimum atomic E-state index is -3.74. The Bertz CT molecular complexity index is 645.